The van der Waals surface area contributed by atoms with Crippen molar-refractivity contribution in [1.29, 1.82) is 0 Å². The molecular formula is C14H17NO4S. The fraction of sp³-hybridized carbons (Fsp3) is 0.429. The first kappa shape index (κ1) is 15.0. The van der Waals surface area contributed by atoms with Crippen molar-refractivity contribution >= 4 is 10.0 Å². The lowest BCUT2D eigenvalue weighted by molar-refractivity contribution is 0.0832. The number of ether oxygens (including phenoxy) is 1. The van der Waals surface area contributed by atoms with Gasteiger partial charge in [-0.2, -0.15) is 0 Å². The minimum atomic E-state index is -3.61. The van der Waals surface area contributed by atoms with Crippen LogP contribution >= 0.6 is 0 Å². The topological polar surface area (TPSA) is 75.6 Å². The van der Waals surface area contributed by atoms with E-state index in [0.29, 0.717) is 31.6 Å². The molecule has 1 heterocycles. The van der Waals surface area contributed by atoms with Crippen LogP contribution in [0, 0.1) is 11.8 Å². The van der Waals surface area contributed by atoms with Crippen molar-refractivity contribution in [3.8, 4) is 11.8 Å². The third-order valence-electron chi connectivity index (χ3n) is 3.02. The maximum absolute atomic E-state index is 12.4. The van der Waals surface area contributed by atoms with Gasteiger partial charge in [-0.25, -0.2) is 13.1 Å². The van der Waals surface area contributed by atoms with E-state index in [0.717, 1.165) is 0 Å². The molecule has 0 aliphatic carbocycles. The SMILES string of the molecule is O=S(=O)(NC1CCOCC1)c1ccccc1C#CCO. The van der Waals surface area contributed by atoms with Crippen LogP contribution in [0.2, 0.25) is 0 Å². The van der Waals surface area contributed by atoms with E-state index in [2.05, 4.69) is 16.6 Å². The molecule has 1 aromatic rings. The number of rotatable bonds is 3. The normalized spacial score (nSPS) is 16.4. The molecule has 0 saturated carbocycles. The van der Waals surface area contributed by atoms with Crippen LogP contribution in [0.5, 0.6) is 0 Å². The summed E-state index contributed by atoms with van der Waals surface area (Å²) in [5.41, 5.74) is 0.390. The largest absolute Gasteiger partial charge is 0.384 e. The molecule has 0 aromatic heterocycles. The summed E-state index contributed by atoms with van der Waals surface area (Å²) in [7, 11) is -3.61. The highest BCUT2D eigenvalue weighted by molar-refractivity contribution is 7.89. The number of benzene rings is 1. The number of aliphatic hydroxyl groups is 1. The Bertz CT molecular complexity index is 610. The second-order valence-corrected chi connectivity index (χ2v) is 6.15. The lowest BCUT2D eigenvalue weighted by Crippen LogP contribution is -2.39. The van der Waals surface area contributed by atoms with Crippen LogP contribution in [0.3, 0.4) is 0 Å². The Morgan fingerprint density at radius 2 is 2.00 bits per heavy atom. The molecule has 6 heteroatoms. The first-order valence-corrected chi connectivity index (χ1v) is 7.90. The third-order valence-corrected chi connectivity index (χ3v) is 4.60. The molecule has 1 saturated heterocycles. The van der Waals surface area contributed by atoms with Crippen molar-refractivity contribution in [3.63, 3.8) is 0 Å². The molecule has 20 heavy (non-hydrogen) atoms. The van der Waals surface area contributed by atoms with Gasteiger partial charge in [-0.3, -0.25) is 0 Å². The van der Waals surface area contributed by atoms with E-state index in [1.54, 1.807) is 18.2 Å². The molecule has 2 rings (SSSR count). The smallest absolute Gasteiger partial charge is 0.242 e. The monoisotopic (exact) mass is 295 g/mol. The van der Waals surface area contributed by atoms with E-state index in [1.165, 1.54) is 6.07 Å². The molecule has 1 aliphatic heterocycles. The predicted octanol–water partition coefficient (Wildman–Crippen LogP) is 0.488. The van der Waals surface area contributed by atoms with Gasteiger partial charge in [0, 0.05) is 24.8 Å². The molecule has 2 N–H and O–H groups in total. The molecule has 5 nitrogen and oxygen atoms in total. The molecular weight excluding hydrogens is 278 g/mol. The zero-order valence-corrected chi connectivity index (χ0v) is 11.8. The van der Waals surface area contributed by atoms with E-state index in [9.17, 15) is 8.42 Å². The van der Waals surface area contributed by atoms with E-state index >= 15 is 0 Å². The van der Waals surface area contributed by atoms with Crippen molar-refractivity contribution < 1.29 is 18.3 Å². The minimum absolute atomic E-state index is 0.104. The van der Waals surface area contributed by atoms with Gasteiger partial charge in [0.2, 0.25) is 10.0 Å². The van der Waals surface area contributed by atoms with Crippen molar-refractivity contribution in [2.45, 2.75) is 23.8 Å². The highest BCUT2D eigenvalue weighted by atomic mass is 32.2. The Labute approximate surface area is 119 Å². The van der Waals surface area contributed by atoms with Crippen LogP contribution in [0.25, 0.3) is 0 Å². The van der Waals surface area contributed by atoms with E-state index in [1.807, 2.05) is 0 Å². The zero-order chi connectivity index (χ0) is 14.4. The molecule has 0 radical (unpaired) electrons. The Morgan fingerprint density at radius 1 is 1.30 bits per heavy atom. The molecule has 108 valence electrons. The van der Waals surface area contributed by atoms with Crippen LogP contribution in [0.4, 0.5) is 0 Å². The standard InChI is InChI=1S/C14H17NO4S/c16-9-3-5-12-4-1-2-6-14(12)20(17,18)15-13-7-10-19-11-8-13/h1-2,4,6,13,15-16H,7-11H2. The zero-order valence-electron chi connectivity index (χ0n) is 11.0. The van der Waals surface area contributed by atoms with Gasteiger partial charge in [0.15, 0.2) is 0 Å². The second kappa shape index (κ2) is 6.86. The Kier molecular flexibility index (Phi) is 5.15. The van der Waals surface area contributed by atoms with E-state index in [4.69, 9.17) is 9.84 Å². The van der Waals surface area contributed by atoms with Gasteiger partial charge in [-0.15, -0.1) is 0 Å². The quantitative estimate of drug-likeness (QED) is 0.796. The van der Waals surface area contributed by atoms with Gasteiger partial charge in [0.05, 0.1) is 4.90 Å². The molecule has 1 aromatic carbocycles. The molecule has 0 atom stereocenters. The fourth-order valence-electron chi connectivity index (χ4n) is 2.04. The van der Waals surface area contributed by atoms with Gasteiger partial charge in [-0.05, 0) is 25.0 Å². The summed E-state index contributed by atoms with van der Waals surface area (Å²) in [6, 6.07) is 6.41. The first-order chi connectivity index (χ1) is 9.63. The minimum Gasteiger partial charge on any atom is -0.384 e. The van der Waals surface area contributed by atoms with Gasteiger partial charge in [0.1, 0.15) is 6.61 Å². The lowest BCUT2D eigenvalue weighted by atomic mass is 10.1. The highest BCUT2D eigenvalue weighted by Crippen LogP contribution is 2.17. The van der Waals surface area contributed by atoms with E-state index in [-0.39, 0.29) is 17.5 Å². The fourth-order valence-corrected chi connectivity index (χ4v) is 3.51. The lowest BCUT2D eigenvalue weighted by Gasteiger charge is -2.23. The summed E-state index contributed by atoms with van der Waals surface area (Å²) >= 11 is 0. The average molecular weight is 295 g/mol. The van der Waals surface area contributed by atoms with Gasteiger partial charge < -0.3 is 9.84 Å². The van der Waals surface area contributed by atoms with Gasteiger partial charge >= 0.3 is 0 Å². The van der Waals surface area contributed by atoms with Crippen LogP contribution < -0.4 is 4.72 Å². The van der Waals surface area contributed by atoms with Gasteiger partial charge in [0.25, 0.3) is 0 Å². The van der Waals surface area contributed by atoms with Crippen LogP contribution in [0.1, 0.15) is 18.4 Å². The number of hydrogen-bond donors (Lipinski definition) is 2. The summed E-state index contributed by atoms with van der Waals surface area (Å²) < 4.78 is 32.7. The maximum atomic E-state index is 12.4. The molecule has 0 spiro atoms. The molecule has 1 fully saturated rings. The van der Waals surface area contributed by atoms with E-state index < -0.39 is 10.0 Å². The maximum Gasteiger partial charge on any atom is 0.242 e. The predicted molar refractivity (Wildman–Crippen MR) is 74.6 cm³/mol. The summed E-state index contributed by atoms with van der Waals surface area (Å²) in [5, 5.41) is 8.73. The highest BCUT2D eigenvalue weighted by Gasteiger charge is 2.23. The third kappa shape index (κ3) is 3.81. The summed E-state index contributed by atoms with van der Waals surface area (Å²) in [6.07, 6.45) is 1.34. The van der Waals surface area contributed by atoms with Crippen molar-refractivity contribution in [1.82, 2.24) is 4.72 Å². The summed E-state index contributed by atoms with van der Waals surface area (Å²) in [6.45, 7) is 0.833. The first-order valence-electron chi connectivity index (χ1n) is 6.42. The number of hydrogen-bond acceptors (Lipinski definition) is 4. The molecule has 0 unspecified atom stereocenters. The number of aliphatic hydroxyl groups excluding tert-OH is 1. The van der Waals surface area contributed by atoms with Crippen molar-refractivity contribution in [3.05, 3.63) is 29.8 Å². The average Bonchev–Trinajstić information content (AvgIpc) is 2.46. The summed E-state index contributed by atoms with van der Waals surface area (Å²) in [5.74, 6) is 5.14. The second-order valence-electron chi connectivity index (χ2n) is 4.46. The summed E-state index contributed by atoms with van der Waals surface area (Å²) in [4.78, 5) is 0.146. The van der Waals surface area contributed by atoms with Crippen LogP contribution in [0.15, 0.2) is 29.2 Å². The Hall–Kier alpha value is -1.39. The Morgan fingerprint density at radius 3 is 2.70 bits per heavy atom. The van der Waals surface area contributed by atoms with Crippen molar-refractivity contribution in [2.75, 3.05) is 19.8 Å². The van der Waals surface area contributed by atoms with Gasteiger partial charge in [-0.1, -0.05) is 24.0 Å². The van der Waals surface area contributed by atoms with Crippen molar-refractivity contribution in [2.24, 2.45) is 0 Å². The number of sulfonamides is 1. The molecule has 0 amide bonds. The Balaban J connectivity index is 2.24. The molecule has 1 aliphatic rings. The number of nitrogens with one attached hydrogen (secondary N) is 1. The van der Waals surface area contributed by atoms with Crippen LogP contribution in [-0.4, -0.2) is 39.4 Å². The molecule has 0 bridgehead atoms. The van der Waals surface area contributed by atoms with Crippen LogP contribution in [-0.2, 0) is 14.8 Å².